The molecule has 7 N–H and O–H groups in total. The van der Waals surface area contributed by atoms with Gasteiger partial charge in [0, 0.05) is 17.7 Å². The van der Waals surface area contributed by atoms with E-state index in [2.05, 4.69) is 4.18 Å². The van der Waals surface area contributed by atoms with E-state index in [0.717, 1.165) is 24.3 Å². The number of aromatic hydroxyl groups is 5. The van der Waals surface area contributed by atoms with Crippen molar-refractivity contribution in [1.29, 1.82) is 0 Å². The van der Waals surface area contributed by atoms with Crippen LogP contribution in [0.1, 0.15) is 23.3 Å². The lowest BCUT2D eigenvalue weighted by molar-refractivity contribution is -0.0579. The second-order valence-corrected chi connectivity index (χ2v) is 6.80. The van der Waals surface area contributed by atoms with Crippen LogP contribution in [0, 0.1) is 0 Å². The van der Waals surface area contributed by atoms with Gasteiger partial charge in [0.1, 0.15) is 23.4 Å². The first kappa shape index (κ1) is 18.8. The van der Waals surface area contributed by atoms with Gasteiger partial charge in [-0.2, -0.15) is 8.42 Å². The highest BCUT2D eigenvalue weighted by Crippen LogP contribution is 2.49. The molecule has 0 aliphatic carbocycles. The average molecular weight is 402 g/mol. The normalized spacial score (nSPS) is 22.1. The van der Waals surface area contributed by atoms with Crippen molar-refractivity contribution in [2.45, 2.75) is 18.3 Å². The summed E-state index contributed by atoms with van der Waals surface area (Å²) in [7, 11) is -5.09. The van der Waals surface area contributed by atoms with Gasteiger partial charge in [0.05, 0.1) is 5.56 Å². The molecule has 0 saturated heterocycles. The van der Waals surface area contributed by atoms with Crippen LogP contribution in [0.25, 0.3) is 0 Å². The van der Waals surface area contributed by atoms with Crippen LogP contribution in [0.4, 0.5) is 0 Å². The van der Waals surface area contributed by atoms with Crippen molar-refractivity contribution in [3.63, 3.8) is 0 Å². The number of phenolic OH excluding ortho intramolecular Hbond substituents is 5. The Bertz CT molecular complexity index is 978. The Morgan fingerprint density at radius 2 is 1.52 bits per heavy atom. The molecule has 0 saturated carbocycles. The molecule has 2 aromatic carbocycles. The van der Waals surface area contributed by atoms with Gasteiger partial charge in [0.25, 0.3) is 0 Å². The van der Waals surface area contributed by atoms with Crippen LogP contribution in [0.2, 0.25) is 0 Å². The molecule has 2 aromatic rings. The fraction of sp³-hybridized carbons (Fsp3) is 0.200. The van der Waals surface area contributed by atoms with Crippen LogP contribution in [0.5, 0.6) is 34.5 Å². The molecule has 0 spiro atoms. The van der Waals surface area contributed by atoms with Gasteiger partial charge in [-0.25, -0.2) is 4.18 Å². The Hall–Kier alpha value is -2.93. The SMILES string of the molecule is O=S(=O)(O)OC1C(O)c2c(O)cc(O)cc2OC1c1cc(O)c(O)c(O)c1. The van der Waals surface area contributed by atoms with Crippen LogP contribution in [-0.4, -0.2) is 49.7 Å². The van der Waals surface area contributed by atoms with E-state index in [1.54, 1.807) is 0 Å². The average Bonchev–Trinajstić information content (AvgIpc) is 2.52. The number of fused-ring (bicyclic) bond motifs is 1. The van der Waals surface area contributed by atoms with Crippen molar-refractivity contribution in [3.8, 4) is 34.5 Å². The number of rotatable bonds is 3. The fourth-order valence-electron chi connectivity index (χ4n) is 2.82. The molecule has 3 atom stereocenters. The van der Waals surface area contributed by atoms with Gasteiger partial charge >= 0.3 is 10.4 Å². The highest BCUT2D eigenvalue weighted by Gasteiger charge is 2.44. The molecule has 1 heterocycles. The summed E-state index contributed by atoms with van der Waals surface area (Å²) in [6.45, 7) is 0. The molecule has 12 heteroatoms. The van der Waals surface area contributed by atoms with Crippen LogP contribution < -0.4 is 4.74 Å². The summed E-state index contributed by atoms with van der Waals surface area (Å²) < 4.78 is 41.3. The molecule has 1 aliphatic heterocycles. The van der Waals surface area contributed by atoms with Gasteiger partial charge < -0.3 is 35.4 Å². The minimum atomic E-state index is -5.09. The second-order valence-electron chi connectivity index (χ2n) is 5.76. The van der Waals surface area contributed by atoms with Crippen LogP contribution >= 0.6 is 0 Å². The van der Waals surface area contributed by atoms with Crippen molar-refractivity contribution < 1.29 is 52.5 Å². The third-order valence-electron chi connectivity index (χ3n) is 3.92. The quantitative estimate of drug-likeness (QED) is 0.280. The highest BCUT2D eigenvalue weighted by atomic mass is 32.3. The van der Waals surface area contributed by atoms with Crippen molar-refractivity contribution in [2.75, 3.05) is 0 Å². The lowest BCUT2D eigenvalue weighted by Crippen LogP contribution is -2.38. The number of ether oxygens (including phenoxy) is 1. The number of aliphatic hydroxyl groups excluding tert-OH is 1. The number of hydrogen-bond donors (Lipinski definition) is 7. The molecular weight excluding hydrogens is 388 g/mol. The van der Waals surface area contributed by atoms with E-state index in [1.807, 2.05) is 0 Å². The molecule has 1 aliphatic rings. The number of aliphatic hydroxyl groups is 1. The molecule has 0 fully saturated rings. The summed E-state index contributed by atoms with van der Waals surface area (Å²) in [6, 6.07) is 3.70. The summed E-state index contributed by atoms with van der Waals surface area (Å²) in [5, 5.41) is 58.8. The van der Waals surface area contributed by atoms with Gasteiger partial charge in [-0.15, -0.1) is 0 Å². The maximum Gasteiger partial charge on any atom is 0.397 e. The Balaban J connectivity index is 2.17. The maximum absolute atomic E-state index is 11.2. The number of hydrogen-bond acceptors (Lipinski definition) is 10. The summed E-state index contributed by atoms with van der Waals surface area (Å²) in [5.74, 6) is -3.71. The Labute approximate surface area is 151 Å². The first-order valence-corrected chi connectivity index (χ1v) is 8.65. The molecule has 146 valence electrons. The van der Waals surface area contributed by atoms with E-state index in [1.165, 1.54) is 0 Å². The first-order chi connectivity index (χ1) is 12.5. The standard InChI is InChI=1S/C15H14O11S/c16-6-3-7(17)11-10(4-6)25-14(15(13(11)21)26-27(22,23)24)5-1-8(18)12(20)9(19)2-5/h1-4,13-21H,(H,22,23,24). The maximum atomic E-state index is 11.2. The van der Waals surface area contributed by atoms with Crippen molar-refractivity contribution in [1.82, 2.24) is 0 Å². The third-order valence-corrected chi connectivity index (χ3v) is 4.38. The molecule has 0 aromatic heterocycles. The largest absolute Gasteiger partial charge is 0.508 e. The highest BCUT2D eigenvalue weighted by molar-refractivity contribution is 7.80. The zero-order valence-corrected chi connectivity index (χ0v) is 14.0. The fourth-order valence-corrected chi connectivity index (χ4v) is 3.30. The van der Waals surface area contributed by atoms with Gasteiger partial charge in [-0.1, -0.05) is 0 Å². The summed E-state index contributed by atoms with van der Waals surface area (Å²) >= 11 is 0. The monoisotopic (exact) mass is 402 g/mol. The van der Waals surface area contributed by atoms with Crippen LogP contribution in [0.15, 0.2) is 24.3 Å². The Kier molecular flexibility index (Phi) is 4.43. The number of benzene rings is 2. The zero-order chi connectivity index (χ0) is 20.1. The van der Waals surface area contributed by atoms with Crippen molar-refractivity contribution in [3.05, 3.63) is 35.4 Å². The van der Waals surface area contributed by atoms with Crippen LogP contribution in [-0.2, 0) is 14.6 Å². The lowest BCUT2D eigenvalue weighted by Gasteiger charge is -2.36. The molecule has 27 heavy (non-hydrogen) atoms. The number of phenols is 5. The van der Waals surface area contributed by atoms with Crippen molar-refractivity contribution in [2.24, 2.45) is 0 Å². The minimum Gasteiger partial charge on any atom is -0.508 e. The molecule has 0 bridgehead atoms. The van der Waals surface area contributed by atoms with E-state index in [4.69, 9.17) is 9.29 Å². The first-order valence-electron chi connectivity index (χ1n) is 7.29. The second kappa shape index (κ2) is 6.35. The molecule has 3 rings (SSSR count). The van der Waals surface area contributed by atoms with Gasteiger partial charge in [0.15, 0.2) is 29.5 Å². The predicted molar refractivity (Wildman–Crippen MR) is 86.0 cm³/mol. The van der Waals surface area contributed by atoms with E-state index in [0.29, 0.717) is 0 Å². The zero-order valence-electron chi connectivity index (χ0n) is 13.2. The Morgan fingerprint density at radius 1 is 0.926 bits per heavy atom. The molecular formula is C15H14O11S. The summed E-state index contributed by atoms with van der Waals surface area (Å²) in [5.41, 5.74) is -0.464. The smallest absolute Gasteiger partial charge is 0.397 e. The Morgan fingerprint density at radius 3 is 2.07 bits per heavy atom. The molecule has 0 amide bonds. The van der Waals surface area contributed by atoms with E-state index < -0.39 is 57.5 Å². The topological polar surface area (TPSA) is 194 Å². The lowest BCUT2D eigenvalue weighted by atomic mass is 9.91. The summed E-state index contributed by atoms with van der Waals surface area (Å²) in [4.78, 5) is 0. The molecule has 0 radical (unpaired) electrons. The summed E-state index contributed by atoms with van der Waals surface area (Å²) in [6.07, 6.45) is -5.27. The predicted octanol–water partition coefficient (Wildman–Crippen LogP) is 0.570. The molecule has 3 unspecified atom stereocenters. The van der Waals surface area contributed by atoms with Gasteiger partial charge in [0.2, 0.25) is 0 Å². The van der Waals surface area contributed by atoms with Crippen LogP contribution in [0.3, 0.4) is 0 Å². The molecule has 11 nitrogen and oxygen atoms in total. The van der Waals surface area contributed by atoms with E-state index >= 15 is 0 Å². The minimum absolute atomic E-state index is 0.149. The van der Waals surface area contributed by atoms with E-state index in [-0.39, 0.29) is 16.9 Å². The van der Waals surface area contributed by atoms with Gasteiger partial charge in [-0.05, 0) is 12.1 Å². The third kappa shape index (κ3) is 3.50. The van der Waals surface area contributed by atoms with Crippen molar-refractivity contribution >= 4 is 10.4 Å². The van der Waals surface area contributed by atoms with E-state index in [9.17, 15) is 39.1 Å². The van der Waals surface area contributed by atoms with Gasteiger partial charge in [-0.3, -0.25) is 4.55 Å².